The van der Waals surface area contributed by atoms with Crippen molar-refractivity contribution < 1.29 is 0 Å². The van der Waals surface area contributed by atoms with Crippen molar-refractivity contribution in [2.24, 2.45) is 5.73 Å². The molecule has 1 saturated carbocycles. The van der Waals surface area contributed by atoms with Crippen LogP contribution in [0, 0.1) is 0 Å². The summed E-state index contributed by atoms with van der Waals surface area (Å²) in [6.07, 6.45) is 5.25. The van der Waals surface area contributed by atoms with Crippen LogP contribution >= 0.6 is 0 Å². The van der Waals surface area contributed by atoms with Crippen molar-refractivity contribution in [3.63, 3.8) is 0 Å². The van der Waals surface area contributed by atoms with Gasteiger partial charge in [-0.25, -0.2) is 0 Å². The predicted octanol–water partition coefficient (Wildman–Crippen LogP) is 0.436. The summed E-state index contributed by atoms with van der Waals surface area (Å²) < 4.78 is 0. The predicted molar refractivity (Wildman–Crippen MR) is 76.8 cm³/mol. The van der Waals surface area contributed by atoms with E-state index in [1.54, 1.807) is 0 Å². The maximum atomic E-state index is 6.28. The van der Waals surface area contributed by atoms with E-state index in [4.69, 9.17) is 5.73 Å². The van der Waals surface area contributed by atoms with E-state index >= 15 is 0 Å². The summed E-state index contributed by atoms with van der Waals surface area (Å²) in [5.41, 5.74) is 6.28. The molecule has 0 aromatic heterocycles. The van der Waals surface area contributed by atoms with Gasteiger partial charge in [-0.2, -0.15) is 0 Å². The molecule has 4 nitrogen and oxygen atoms in total. The Hall–Kier alpha value is -0.160. The first kappa shape index (κ1) is 14.3. The van der Waals surface area contributed by atoms with E-state index in [9.17, 15) is 0 Å². The second-order valence-corrected chi connectivity index (χ2v) is 6.20. The van der Waals surface area contributed by atoms with Crippen LogP contribution in [0.2, 0.25) is 0 Å². The molecule has 4 heteroatoms. The third-order valence-corrected chi connectivity index (χ3v) is 4.52. The third-order valence-electron chi connectivity index (χ3n) is 4.52. The molecular weight excluding hydrogens is 224 g/mol. The highest BCUT2D eigenvalue weighted by Crippen LogP contribution is 2.22. The first-order valence-corrected chi connectivity index (χ1v) is 7.53. The Balaban J connectivity index is 1.72. The zero-order chi connectivity index (χ0) is 13.0. The van der Waals surface area contributed by atoms with Gasteiger partial charge in [0.05, 0.1) is 0 Å². The van der Waals surface area contributed by atoms with Crippen LogP contribution < -0.4 is 5.73 Å². The quantitative estimate of drug-likeness (QED) is 0.789. The molecule has 18 heavy (non-hydrogen) atoms. The molecular formula is C14H30N4. The summed E-state index contributed by atoms with van der Waals surface area (Å²) in [6.45, 7) is 7.24. The van der Waals surface area contributed by atoms with Crippen LogP contribution in [-0.4, -0.2) is 80.1 Å². The summed E-state index contributed by atoms with van der Waals surface area (Å²) in [7, 11) is 4.30. The highest BCUT2D eigenvalue weighted by Gasteiger charge is 2.29. The first-order valence-electron chi connectivity index (χ1n) is 7.53. The van der Waals surface area contributed by atoms with Gasteiger partial charge in [-0.05, 0) is 26.9 Å². The second-order valence-electron chi connectivity index (χ2n) is 6.20. The molecule has 0 radical (unpaired) electrons. The van der Waals surface area contributed by atoms with Gasteiger partial charge in [0.15, 0.2) is 0 Å². The zero-order valence-electron chi connectivity index (χ0n) is 12.1. The fraction of sp³-hybridized carbons (Fsp3) is 1.00. The largest absolute Gasteiger partial charge is 0.326 e. The van der Waals surface area contributed by atoms with E-state index in [-0.39, 0.29) is 0 Å². The molecule has 1 aliphatic heterocycles. The number of piperazine rings is 1. The van der Waals surface area contributed by atoms with E-state index < -0.39 is 0 Å². The maximum absolute atomic E-state index is 6.28. The molecule has 0 amide bonds. The molecule has 2 fully saturated rings. The van der Waals surface area contributed by atoms with Crippen LogP contribution in [0.25, 0.3) is 0 Å². The topological polar surface area (TPSA) is 35.7 Å². The molecule has 2 N–H and O–H groups in total. The van der Waals surface area contributed by atoms with Crippen LogP contribution in [0.4, 0.5) is 0 Å². The molecule has 2 atom stereocenters. The zero-order valence-corrected chi connectivity index (χ0v) is 12.1. The van der Waals surface area contributed by atoms with E-state index in [0.717, 1.165) is 0 Å². The van der Waals surface area contributed by atoms with Gasteiger partial charge in [0.2, 0.25) is 0 Å². The molecule has 2 aliphatic rings. The summed E-state index contributed by atoms with van der Waals surface area (Å²) in [6, 6.07) is 1.09. The van der Waals surface area contributed by atoms with Crippen LogP contribution in [-0.2, 0) is 0 Å². The van der Waals surface area contributed by atoms with Crippen LogP contribution in [0.1, 0.15) is 25.7 Å². The summed E-state index contributed by atoms with van der Waals surface area (Å²) >= 11 is 0. The molecule has 2 rings (SSSR count). The molecule has 0 aromatic rings. The Morgan fingerprint density at radius 3 is 2.33 bits per heavy atom. The normalized spacial score (nSPS) is 32.0. The van der Waals surface area contributed by atoms with Gasteiger partial charge in [-0.1, -0.05) is 12.8 Å². The monoisotopic (exact) mass is 254 g/mol. The minimum absolute atomic E-state index is 0.423. The lowest BCUT2D eigenvalue weighted by Crippen LogP contribution is -2.56. The number of nitrogens with zero attached hydrogens (tertiary/aromatic N) is 3. The van der Waals surface area contributed by atoms with E-state index in [0.29, 0.717) is 12.1 Å². The lowest BCUT2D eigenvalue weighted by atomic mass is 9.89. The molecule has 0 bridgehead atoms. The molecule has 1 aliphatic carbocycles. The van der Waals surface area contributed by atoms with E-state index in [2.05, 4.69) is 28.8 Å². The first-order chi connectivity index (χ1) is 8.66. The lowest BCUT2D eigenvalue weighted by molar-refractivity contribution is 0.0668. The molecule has 1 heterocycles. The summed E-state index contributed by atoms with van der Waals surface area (Å²) in [5, 5.41) is 0. The van der Waals surface area contributed by atoms with E-state index in [1.807, 2.05) is 0 Å². The number of hydrogen-bond donors (Lipinski definition) is 1. The van der Waals surface area contributed by atoms with Crippen molar-refractivity contribution in [1.29, 1.82) is 0 Å². The summed E-state index contributed by atoms with van der Waals surface area (Å²) in [4.78, 5) is 7.50. The van der Waals surface area contributed by atoms with Crippen molar-refractivity contribution in [2.75, 3.05) is 53.4 Å². The van der Waals surface area contributed by atoms with Crippen LogP contribution in [0.15, 0.2) is 0 Å². The van der Waals surface area contributed by atoms with E-state index in [1.165, 1.54) is 65.0 Å². The number of nitrogens with two attached hydrogens (primary N) is 1. The lowest BCUT2D eigenvalue weighted by Gasteiger charge is -2.43. The summed E-state index contributed by atoms with van der Waals surface area (Å²) in [5.74, 6) is 0. The SMILES string of the molecule is CN(C)CCN1CCN(C2CCCCC2N)CC1. The smallest absolute Gasteiger partial charge is 0.0248 e. The van der Waals surface area contributed by atoms with Gasteiger partial charge in [0, 0.05) is 51.4 Å². The highest BCUT2D eigenvalue weighted by molar-refractivity contribution is 4.88. The Kier molecular flexibility index (Phi) is 5.42. The van der Waals surface area contributed by atoms with Crippen LogP contribution in [0.5, 0.6) is 0 Å². The number of hydrogen-bond acceptors (Lipinski definition) is 4. The van der Waals surface area contributed by atoms with Gasteiger partial charge in [-0.15, -0.1) is 0 Å². The molecule has 0 aromatic carbocycles. The van der Waals surface area contributed by atoms with Gasteiger partial charge >= 0.3 is 0 Å². The Morgan fingerprint density at radius 2 is 1.72 bits per heavy atom. The van der Waals surface area contributed by atoms with Crippen molar-refractivity contribution in [3.8, 4) is 0 Å². The van der Waals surface area contributed by atoms with Gasteiger partial charge in [0.25, 0.3) is 0 Å². The number of likely N-dealkylation sites (N-methyl/N-ethyl adjacent to an activating group) is 1. The van der Waals surface area contributed by atoms with Crippen molar-refractivity contribution >= 4 is 0 Å². The fourth-order valence-electron chi connectivity index (χ4n) is 3.25. The van der Waals surface area contributed by atoms with Gasteiger partial charge in [-0.3, -0.25) is 9.80 Å². The van der Waals surface area contributed by atoms with Crippen LogP contribution in [0.3, 0.4) is 0 Å². The number of rotatable bonds is 4. The highest BCUT2D eigenvalue weighted by atomic mass is 15.3. The van der Waals surface area contributed by atoms with Gasteiger partial charge in [0.1, 0.15) is 0 Å². The molecule has 1 saturated heterocycles. The minimum Gasteiger partial charge on any atom is -0.326 e. The third kappa shape index (κ3) is 3.92. The molecule has 106 valence electrons. The fourth-order valence-corrected chi connectivity index (χ4v) is 3.25. The Bertz CT molecular complexity index is 236. The van der Waals surface area contributed by atoms with Crippen molar-refractivity contribution in [1.82, 2.24) is 14.7 Å². The maximum Gasteiger partial charge on any atom is 0.0248 e. The Labute approximate surface area is 112 Å². The average molecular weight is 254 g/mol. The Morgan fingerprint density at radius 1 is 1.06 bits per heavy atom. The average Bonchev–Trinajstić information content (AvgIpc) is 2.38. The van der Waals surface area contributed by atoms with Gasteiger partial charge < -0.3 is 10.6 Å². The minimum atomic E-state index is 0.423. The second kappa shape index (κ2) is 6.85. The standard InChI is InChI=1S/C14H30N4/c1-16(2)7-8-17-9-11-18(12-10-17)14-6-4-3-5-13(14)15/h13-14H,3-12,15H2,1-2H3. The van der Waals surface area contributed by atoms with Crippen molar-refractivity contribution in [3.05, 3.63) is 0 Å². The molecule has 0 spiro atoms. The molecule has 2 unspecified atom stereocenters. The van der Waals surface area contributed by atoms with Crippen molar-refractivity contribution in [2.45, 2.75) is 37.8 Å².